The molecule has 0 unspecified atom stereocenters. The number of halogens is 2. The fourth-order valence-electron chi connectivity index (χ4n) is 1.25. The van der Waals surface area contributed by atoms with Gasteiger partial charge in [-0.2, -0.15) is 5.26 Å². The number of carbonyl (C=O) groups is 1. The summed E-state index contributed by atoms with van der Waals surface area (Å²) in [6.07, 6.45) is -0.271. The van der Waals surface area contributed by atoms with Gasteiger partial charge in [-0.1, -0.05) is 17.7 Å². The Morgan fingerprint density at radius 3 is 2.67 bits per heavy atom. The molecular weight excluding hydrogens is 237 g/mol. The summed E-state index contributed by atoms with van der Waals surface area (Å²) in [4.78, 5) is 10.6. The molecule has 0 aromatic heterocycles. The molecule has 0 aliphatic heterocycles. The van der Waals surface area contributed by atoms with Gasteiger partial charge in [-0.3, -0.25) is 4.79 Å². The Morgan fingerprint density at radius 2 is 2.20 bits per heavy atom. The van der Waals surface area contributed by atoms with Crippen LogP contribution in [-0.2, 0) is 17.1 Å². The van der Waals surface area contributed by atoms with Gasteiger partial charge in [-0.25, -0.2) is 0 Å². The molecule has 0 saturated carbocycles. The number of nitriles is 1. The van der Waals surface area contributed by atoms with Crippen LogP contribution in [0.5, 0.6) is 0 Å². The number of carboxylic acid groups (broad SMARTS) is 1. The Balaban J connectivity index is 3.33. The Hall–Kier alpha value is -1.24. The van der Waals surface area contributed by atoms with Gasteiger partial charge in [-0.05, 0) is 17.2 Å². The van der Waals surface area contributed by atoms with Gasteiger partial charge in [0.2, 0.25) is 0 Å². The first-order valence-corrected chi connectivity index (χ1v) is 4.99. The number of nitrogens with zero attached hydrogens (tertiary/aromatic N) is 1. The number of aliphatic carboxylic acids is 1. The number of rotatable bonds is 3. The minimum atomic E-state index is -1.03. The molecule has 1 aromatic carbocycles. The van der Waals surface area contributed by atoms with E-state index in [4.69, 9.17) is 33.6 Å². The van der Waals surface area contributed by atoms with Gasteiger partial charge >= 0.3 is 5.97 Å². The van der Waals surface area contributed by atoms with E-state index in [0.29, 0.717) is 11.1 Å². The summed E-state index contributed by atoms with van der Waals surface area (Å²) in [5, 5.41) is 17.9. The van der Waals surface area contributed by atoms with Crippen LogP contribution in [0.1, 0.15) is 16.7 Å². The maximum absolute atomic E-state index is 10.6. The quantitative estimate of drug-likeness (QED) is 0.831. The van der Waals surface area contributed by atoms with E-state index in [9.17, 15) is 4.79 Å². The van der Waals surface area contributed by atoms with Crippen LogP contribution in [0.25, 0.3) is 0 Å². The average Bonchev–Trinajstić information content (AvgIpc) is 2.20. The molecule has 1 aromatic rings. The molecule has 0 radical (unpaired) electrons. The minimum Gasteiger partial charge on any atom is -0.481 e. The monoisotopic (exact) mass is 243 g/mol. The molecular formula is C10H7Cl2NO2. The molecule has 0 bridgehead atoms. The molecule has 0 aliphatic carbocycles. The second-order valence-electron chi connectivity index (χ2n) is 2.88. The number of alkyl halides is 1. The van der Waals surface area contributed by atoms with E-state index in [1.54, 1.807) is 12.1 Å². The van der Waals surface area contributed by atoms with Crippen LogP contribution in [0.2, 0.25) is 5.02 Å². The van der Waals surface area contributed by atoms with Crippen LogP contribution < -0.4 is 0 Å². The van der Waals surface area contributed by atoms with E-state index in [-0.39, 0.29) is 22.9 Å². The molecule has 0 amide bonds. The first-order valence-electron chi connectivity index (χ1n) is 4.08. The Morgan fingerprint density at radius 1 is 1.53 bits per heavy atom. The highest BCUT2D eigenvalue weighted by atomic mass is 35.5. The first-order chi connectivity index (χ1) is 7.10. The number of benzene rings is 1. The van der Waals surface area contributed by atoms with Gasteiger partial charge in [-0.15, -0.1) is 11.6 Å². The van der Waals surface area contributed by atoms with Crippen molar-refractivity contribution in [1.82, 2.24) is 0 Å². The molecule has 0 saturated heterocycles. The molecule has 15 heavy (non-hydrogen) atoms. The summed E-state index contributed by atoms with van der Waals surface area (Å²) in [6, 6.07) is 5.11. The van der Waals surface area contributed by atoms with Crippen molar-refractivity contribution < 1.29 is 9.90 Å². The number of hydrogen-bond donors (Lipinski definition) is 1. The van der Waals surface area contributed by atoms with Crippen molar-refractivity contribution in [2.24, 2.45) is 0 Å². The molecule has 0 fully saturated rings. The lowest BCUT2D eigenvalue weighted by atomic mass is 10.0. The predicted molar refractivity (Wildman–Crippen MR) is 57.1 cm³/mol. The molecule has 5 heteroatoms. The van der Waals surface area contributed by atoms with E-state index >= 15 is 0 Å². The van der Waals surface area contributed by atoms with Gasteiger partial charge < -0.3 is 5.11 Å². The molecule has 0 atom stereocenters. The summed E-state index contributed by atoms with van der Waals surface area (Å²) in [7, 11) is 0. The molecule has 1 rings (SSSR count). The van der Waals surface area contributed by atoms with Gasteiger partial charge in [0.25, 0.3) is 0 Å². The standard InChI is InChI=1S/C10H7Cl2NO2/c11-4-6-1-2-9(12)7(3-10(14)15)8(6)5-13/h1-2H,3-4H2,(H,14,15). The normalized spacial score (nSPS) is 9.67. The summed E-state index contributed by atoms with van der Waals surface area (Å²) >= 11 is 11.5. The molecule has 0 heterocycles. The Bertz CT molecular complexity index is 438. The van der Waals surface area contributed by atoms with E-state index in [2.05, 4.69) is 0 Å². The molecule has 3 nitrogen and oxygen atoms in total. The van der Waals surface area contributed by atoms with E-state index in [1.807, 2.05) is 6.07 Å². The van der Waals surface area contributed by atoms with Crippen molar-refractivity contribution in [3.8, 4) is 6.07 Å². The van der Waals surface area contributed by atoms with Crippen molar-refractivity contribution in [1.29, 1.82) is 5.26 Å². The predicted octanol–water partition coefficient (Wildman–Crippen LogP) is 2.58. The van der Waals surface area contributed by atoms with E-state index < -0.39 is 5.97 Å². The molecule has 1 N–H and O–H groups in total. The zero-order chi connectivity index (χ0) is 11.4. The van der Waals surface area contributed by atoms with Gasteiger partial charge in [0.05, 0.1) is 18.1 Å². The topological polar surface area (TPSA) is 61.1 Å². The van der Waals surface area contributed by atoms with Crippen molar-refractivity contribution in [2.45, 2.75) is 12.3 Å². The largest absolute Gasteiger partial charge is 0.481 e. The zero-order valence-electron chi connectivity index (χ0n) is 7.63. The Labute approximate surface area is 96.8 Å². The Kier molecular flexibility index (Phi) is 3.96. The maximum Gasteiger partial charge on any atom is 0.307 e. The number of hydrogen-bond acceptors (Lipinski definition) is 2. The summed E-state index contributed by atoms with van der Waals surface area (Å²) < 4.78 is 0. The van der Waals surface area contributed by atoms with Crippen LogP contribution in [0.4, 0.5) is 0 Å². The van der Waals surface area contributed by atoms with E-state index in [1.165, 1.54) is 0 Å². The molecule has 78 valence electrons. The summed E-state index contributed by atoms with van der Waals surface area (Å²) in [5.41, 5.74) is 1.18. The zero-order valence-corrected chi connectivity index (χ0v) is 9.14. The van der Waals surface area contributed by atoms with Crippen molar-refractivity contribution in [3.05, 3.63) is 33.8 Å². The third-order valence-corrected chi connectivity index (χ3v) is 2.57. The van der Waals surface area contributed by atoms with Crippen molar-refractivity contribution in [2.75, 3.05) is 0 Å². The highest BCUT2D eigenvalue weighted by molar-refractivity contribution is 6.31. The first kappa shape index (κ1) is 11.8. The third kappa shape index (κ3) is 2.62. The highest BCUT2D eigenvalue weighted by Crippen LogP contribution is 2.24. The second kappa shape index (κ2) is 5.01. The minimum absolute atomic E-state index is 0.159. The van der Waals surface area contributed by atoms with Crippen LogP contribution in [-0.4, -0.2) is 11.1 Å². The lowest BCUT2D eigenvalue weighted by Crippen LogP contribution is -2.05. The SMILES string of the molecule is N#Cc1c(CCl)ccc(Cl)c1CC(=O)O. The summed E-state index contributed by atoms with van der Waals surface area (Å²) in [6.45, 7) is 0. The fraction of sp³-hybridized carbons (Fsp3) is 0.200. The van der Waals surface area contributed by atoms with Crippen molar-refractivity contribution in [3.63, 3.8) is 0 Å². The smallest absolute Gasteiger partial charge is 0.307 e. The van der Waals surface area contributed by atoms with Crippen LogP contribution >= 0.6 is 23.2 Å². The lowest BCUT2D eigenvalue weighted by molar-refractivity contribution is -0.136. The van der Waals surface area contributed by atoms with Gasteiger partial charge in [0.15, 0.2) is 0 Å². The van der Waals surface area contributed by atoms with Crippen molar-refractivity contribution >= 4 is 29.2 Å². The number of carboxylic acids is 1. The van der Waals surface area contributed by atoms with Crippen LogP contribution in [0.15, 0.2) is 12.1 Å². The highest BCUT2D eigenvalue weighted by Gasteiger charge is 2.14. The van der Waals surface area contributed by atoms with Crippen LogP contribution in [0, 0.1) is 11.3 Å². The lowest BCUT2D eigenvalue weighted by Gasteiger charge is -2.07. The van der Waals surface area contributed by atoms with Gasteiger partial charge in [0.1, 0.15) is 0 Å². The van der Waals surface area contributed by atoms with E-state index in [0.717, 1.165) is 0 Å². The summed E-state index contributed by atoms with van der Waals surface area (Å²) in [5.74, 6) is -0.868. The van der Waals surface area contributed by atoms with Gasteiger partial charge in [0, 0.05) is 10.9 Å². The fourth-order valence-corrected chi connectivity index (χ4v) is 1.69. The average molecular weight is 244 g/mol. The molecule has 0 spiro atoms. The second-order valence-corrected chi connectivity index (χ2v) is 3.55. The molecule has 0 aliphatic rings. The van der Waals surface area contributed by atoms with Crippen LogP contribution in [0.3, 0.4) is 0 Å². The maximum atomic E-state index is 10.6. The third-order valence-electron chi connectivity index (χ3n) is 1.93.